The van der Waals surface area contributed by atoms with Gasteiger partial charge in [0, 0.05) is 53.7 Å². The van der Waals surface area contributed by atoms with Gasteiger partial charge >= 0.3 is 0 Å². The van der Waals surface area contributed by atoms with Crippen LogP contribution in [0.4, 0.5) is 21.5 Å². The van der Waals surface area contributed by atoms with Crippen LogP contribution < -0.4 is 4.90 Å². The van der Waals surface area contributed by atoms with Crippen molar-refractivity contribution in [1.82, 2.24) is 4.57 Å². The number of benzene rings is 9. The van der Waals surface area contributed by atoms with Crippen molar-refractivity contribution >= 4 is 70.4 Å². The molecule has 0 bridgehead atoms. The number of thiophene rings is 1. The van der Waals surface area contributed by atoms with Crippen molar-refractivity contribution in [2.45, 2.75) is 0 Å². The van der Waals surface area contributed by atoms with E-state index in [0.717, 1.165) is 66.8 Å². The van der Waals surface area contributed by atoms with E-state index in [9.17, 15) is 4.39 Å². The fourth-order valence-electron chi connectivity index (χ4n) is 8.30. The van der Waals surface area contributed by atoms with E-state index in [-0.39, 0.29) is 35.6 Å². The second-order valence-corrected chi connectivity index (χ2v) is 15.4. The summed E-state index contributed by atoms with van der Waals surface area (Å²) in [5.41, 5.74) is 10.1. The number of hydrogen-bond acceptors (Lipinski definition) is 2. The van der Waals surface area contributed by atoms with Crippen molar-refractivity contribution in [3.63, 3.8) is 0 Å². The molecule has 11 aromatic rings. The molecule has 0 aliphatic heterocycles. The molecule has 0 spiro atoms. The molecule has 9 aromatic carbocycles. The maximum Gasteiger partial charge on any atom is 0.125 e. The van der Waals surface area contributed by atoms with Gasteiger partial charge < -0.3 is 9.47 Å². The predicted molar refractivity (Wildman–Crippen MR) is 245 cm³/mol. The Hall–Kier alpha value is -7.27. The lowest BCUT2D eigenvalue weighted by atomic mass is 9.99. The van der Waals surface area contributed by atoms with Crippen LogP contribution in [0, 0.1) is 5.82 Å². The van der Waals surface area contributed by atoms with E-state index in [1.807, 2.05) is 48.5 Å². The number of rotatable bonds is 7. The zero-order valence-electron chi connectivity index (χ0n) is 36.0. The lowest BCUT2D eigenvalue weighted by molar-refractivity contribution is 0.629. The number of aromatic nitrogens is 1. The highest BCUT2D eigenvalue weighted by molar-refractivity contribution is 7.25. The smallest absolute Gasteiger partial charge is 0.125 e. The summed E-state index contributed by atoms with van der Waals surface area (Å²) in [6.45, 7) is 0. The van der Waals surface area contributed by atoms with Gasteiger partial charge in [-0.2, -0.15) is 0 Å². The topological polar surface area (TPSA) is 8.17 Å². The molecule has 0 aliphatic carbocycles. The van der Waals surface area contributed by atoms with Crippen LogP contribution in [0.1, 0.15) is 6.85 Å². The van der Waals surface area contributed by atoms with Crippen LogP contribution in [0.15, 0.2) is 212 Å². The van der Waals surface area contributed by atoms with Gasteiger partial charge in [-0.3, -0.25) is 0 Å². The van der Waals surface area contributed by atoms with E-state index in [1.165, 1.54) is 26.2 Å². The summed E-state index contributed by atoms with van der Waals surface area (Å²) < 4.78 is 61.6. The van der Waals surface area contributed by atoms with Gasteiger partial charge in [-0.15, -0.1) is 11.3 Å². The molecule has 0 aliphatic rings. The minimum atomic E-state index is -0.424. The molecular weight excluding hydrogens is 728 g/mol. The van der Waals surface area contributed by atoms with Crippen molar-refractivity contribution < 1.29 is 11.2 Å². The van der Waals surface area contributed by atoms with Crippen molar-refractivity contribution in [2.75, 3.05) is 4.90 Å². The minimum absolute atomic E-state index is 0.149. The molecule has 2 nitrogen and oxygen atoms in total. The highest BCUT2D eigenvalue weighted by Crippen LogP contribution is 2.42. The Kier molecular flexibility index (Phi) is 7.03. The van der Waals surface area contributed by atoms with Gasteiger partial charge in [0.15, 0.2) is 0 Å². The van der Waals surface area contributed by atoms with Gasteiger partial charge in [0.25, 0.3) is 0 Å². The maximum atomic E-state index is 14.7. The molecule has 58 heavy (non-hydrogen) atoms. The van der Waals surface area contributed by atoms with Crippen LogP contribution in [0.25, 0.3) is 81.0 Å². The van der Waals surface area contributed by atoms with Gasteiger partial charge in [-0.1, -0.05) is 127 Å². The first kappa shape index (κ1) is 29.0. The average Bonchev–Trinajstić information content (AvgIpc) is 3.87. The largest absolute Gasteiger partial charge is 0.310 e. The Bertz CT molecular complexity index is 3570. The van der Waals surface area contributed by atoms with Crippen LogP contribution in [0.5, 0.6) is 0 Å². The minimum Gasteiger partial charge on any atom is -0.310 e. The SMILES string of the molecule is [2H]c1c([2H])c([2H])c(-c2cccc(N(c3ccc(-c4cccc(-n5c6ccccc6c6ccc(F)cc65)c4)cc3)c3ccc(-c4cccc5sc6ccccc6c45)cc3)c2)c([2H])c1[2H]. The van der Waals surface area contributed by atoms with E-state index in [0.29, 0.717) is 5.56 Å². The molecule has 0 fully saturated rings. The number of halogens is 1. The average molecular weight is 768 g/mol. The van der Waals surface area contributed by atoms with E-state index in [4.69, 9.17) is 6.85 Å². The molecule has 274 valence electrons. The third-order valence-corrected chi connectivity index (χ3v) is 12.1. The highest BCUT2D eigenvalue weighted by atomic mass is 32.1. The van der Waals surface area contributed by atoms with E-state index >= 15 is 0 Å². The van der Waals surface area contributed by atoms with E-state index in [2.05, 4.69) is 125 Å². The Morgan fingerprint density at radius 2 is 1.10 bits per heavy atom. The molecule has 0 saturated heterocycles. The fourth-order valence-corrected chi connectivity index (χ4v) is 9.43. The summed E-state index contributed by atoms with van der Waals surface area (Å²) in [7, 11) is 0. The summed E-state index contributed by atoms with van der Waals surface area (Å²) in [6, 6.07) is 58.9. The summed E-state index contributed by atoms with van der Waals surface area (Å²) in [5, 5.41) is 4.52. The molecule has 0 atom stereocenters. The van der Waals surface area contributed by atoms with Crippen molar-refractivity contribution in [1.29, 1.82) is 0 Å². The summed E-state index contributed by atoms with van der Waals surface area (Å²) in [5.74, 6) is -0.287. The van der Waals surface area contributed by atoms with Crippen molar-refractivity contribution in [3.8, 4) is 39.1 Å². The molecular formula is C54H35FN2S. The monoisotopic (exact) mass is 767 g/mol. The second-order valence-electron chi connectivity index (χ2n) is 14.3. The number of nitrogens with zero attached hydrogens (tertiary/aromatic N) is 2. The molecule has 2 heterocycles. The summed E-state index contributed by atoms with van der Waals surface area (Å²) in [4.78, 5) is 2.12. The van der Waals surface area contributed by atoms with Crippen molar-refractivity contribution in [2.24, 2.45) is 0 Å². The van der Waals surface area contributed by atoms with Gasteiger partial charge in [-0.05, 0) is 118 Å². The Morgan fingerprint density at radius 3 is 1.91 bits per heavy atom. The Balaban J connectivity index is 1.02. The van der Waals surface area contributed by atoms with Crippen LogP contribution in [0.3, 0.4) is 0 Å². The molecule has 0 N–H and O–H groups in total. The molecule has 0 unspecified atom stereocenters. The molecule has 0 amide bonds. The Labute approximate surface area is 347 Å². The van der Waals surface area contributed by atoms with E-state index < -0.39 is 6.04 Å². The number of fused-ring (bicyclic) bond motifs is 6. The maximum absolute atomic E-state index is 14.7. The molecule has 4 heteroatoms. The standard InChI is InChI=1S/C54H35FN2S/c55-41-27-32-48-47-17-4-6-20-50(47)57(51(48)35-41)45-16-9-14-40(34-45)37-23-28-42(29-24-37)56(44-15-8-13-39(33-44)36-11-2-1-3-12-36)43-30-25-38(26-31-43)46-19-10-22-53-54(46)49-18-5-7-21-52(49)58-53/h1-35H/i1D,2D,3D,11D,12D. The number of hydrogen-bond donors (Lipinski definition) is 0. The van der Waals surface area contributed by atoms with E-state index in [1.54, 1.807) is 23.5 Å². The van der Waals surface area contributed by atoms with Gasteiger partial charge in [0.1, 0.15) is 5.82 Å². The normalized spacial score (nSPS) is 12.7. The third-order valence-electron chi connectivity index (χ3n) is 10.9. The van der Waals surface area contributed by atoms with Gasteiger partial charge in [0.2, 0.25) is 0 Å². The van der Waals surface area contributed by atoms with Crippen LogP contribution >= 0.6 is 11.3 Å². The van der Waals surface area contributed by atoms with Crippen LogP contribution in [-0.2, 0) is 0 Å². The quantitative estimate of drug-likeness (QED) is 0.157. The molecule has 2 aromatic heterocycles. The number of anilines is 3. The molecule has 0 radical (unpaired) electrons. The molecule has 0 saturated carbocycles. The molecule has 11 rings (SSSR count). The summed E-state index contributed by atoms with van der Waals surface area (Å²) in [6.07, 6.45) is 0. The fraction of sp³-hybridized carbons (Fsp3) is 0. The second kappa shape index (κ2) is 14.0. The third kappa shape index (κ3) is 5.85. The Morgan fingerprint density at radius 1 is 0.448 bits per heavy atom. The van der Waals surface area contributed by atoms with Gasteiger partial charge in [0.05, 0.1) is 17.9 Å². The van der Waals surface area contributed by atoms with Crippen molar-refractivity contribution in [3.05, 3.63) is 218 Å². The lowest BCUT2D eigenvalue weighted by Gasteiger charge is -2.26. The van der Waals surface area contributed by atoms with Crippen LogP contribution in [-0.4, -0.2) is 4.57 Å². The summed E-state index contributed by atoms with van der Waals surface area (Å²) >= 11 is 1.79. The highest BCUT2D eigenvalue weighted by Gasteiger charge is 2.17. The first-order valence-corrected chi connectivity index (χ1v) is 19.9. The first-order chi connectivity index (χ1) is 30.7. The zero-order valence-corrected chi connectivity index (χ0v) is 31.8. The number of para-hydroxylation sites is 1. The zero-order chi connectivity index (χ0) is 42.9. The van der Waals surface area contributed by atoms with Gasteiger partial charge in [-0.25, -0.2) is 4.39 Å². The first-order valence-electron chi connectivity index (χ1n) is 21.6. The lowest BCUT2D eigenvalue weighted by Crippen LogP contribution is -2.10. The van der Waals surface area contributed by atoms with Crippen LogP contribution in [0.2, 0.25) is 0 Å². The predicted octanol–water partition coefficient (Wildman–Crippen LogP) is 15.8.